The summed E-state index contributed by atoms with van der Waals surface area (Å²) in [5.74, 6) is -0.279. The van der Waals surface area contributed by atoms with Crippen molar-refractivity contribution in [1.29, 1.82) is 0 Å². The Morgan fingerprint density at radius 3 is 2.11 bits per heavy atom. The summed E-state index contributed by atoms with van der Waals surface area (Å²) < 4.78 is 0. The van der Waals surface area contributed by atoms with Crippen molar-refractivity contribution in [1.82, 2.24) is 9.80 Å². The van der Waals surface area contributed by atoms with Crippen LogP contribution in [0.5, 0.6) is 0 Å². The Kier molecular flexibility index (Phi) is 7.13. The lowest BCUT2D eigenvalue weighted by Gasteiger charge is -2.27. The molecule has 27 heavy (non-hydrogen) atoms. The fourth-order valence-corrected chi connectivity index (χ4v) is 2.95. The number of carbonyl (C=O) groups is 2. The van der Waals surface area contributed by atoms with Gasteiger partial charge in [-0.3, -0.25) is 14.5 Å². The number of carbonyl (C=O) groups excluding carboxylic acids is 2. The quantitative estimate of drug-likeness (QED) is 0.816. The Hall–Kier alpha value is -2.66. The van der Waals surface area contributed by atoms with E-state index in [1.54, 1.807) is 7.05 Å². The molecule has 2 aromatic rings. The highest BCUT2D eigenvalue weighted by atomic mass is 16.2. The molecule has 1 N–H and O–H groups in total. The Labute approximate surface area is 162 Å². The van der Waals surface area contributed by atoms with Gasteiger partial charge in [-0.2, -0.15) is 0 Å². The predicted molar refractivity (Wildman–Crippen MR) is 110 cm³/mol. The molecule has 0 unspecified atom stereocenters. The minimum atomic E-state index is -0.193. The summed E-state index contributed by atoms with van der Waals surface area (Å²) in [6.45, 7) is 6.26. The minimum absolute atomic E-state index is 0.0279. The highest BCUT2D eigenvalue weighted by Crippen LogP contribution is 2.20. The number of para-hydroxylation sites is 1. The number of benzene rings is 2. The van der Waals surface area contributed by atoms with Crippen LogP contribution in [0.4, 0.5) is 5.69 Å². The molecule has 5 heteroatoms. The Balaban J connectivity index is 1.90. The van der Waals surface area contributed by atoms with Crippen LogP contribution in [0.1, 0.15) is 29.7 Å². The van der Waals surface area contributed by atoms with E-state index in [4.69, 9.17) is 0 Å². The molecule has 0 aliphatic carbocycles. The second kappa shape index (κ2) is 9.33. The zero-order valence-corrected chi connectivity index (χ0v) is 16.8. The molecule has 0 fully saturated rings. The summed E-state index contributed by atoms with van der Waals surface area (Å²) in [7, 11) is 3.58. The van der Waals surface area contributed by atoms with Gasteiger partial charge in [-0.1, -0.05) is 48.5 Å². The van der Waals surface area contributed by atoms with Crippen LogP contribution in [0, 0.1) is 13.8 Å². The largest absolute Gasteiger partial charge is 0.335 e. The van der Waals surface area contributed by atoms with Crippen LogP contribution < -0.4 is 5.32 Å². The molecule has 0 bridgehead atoms. The van der Waals surface area contributed by atoms with Crippen LogP contribution in [0.15, 0.2) is 48.5 Å². The number of hydrogen-bond donors (Lipinski definition) is 1. The van der Waals surface area contributed by atoms with Gasteiger partial charge in [0, 0.05) is 18.8 Å². The van der Waals surface area contributed by atoms with E-state index in [1.807, 2.05) is 74.3 Å². The average molecular weight is 367 g/mol. The summed E-state index contributed by atoms with van der Waals surface area (Å²) in [5, 5.41) is 2.92. The molecule has 0 radical (unpaired) electrons. The monoisotopic (exact) mass is 367 g/mol. The molecular weight excluding hydrogens is 338 g/mol. The fourth-order valence-electron chi connectivity index (χ4n) is 2.95. The summed E-state index contributed by atoms with van der Waals surface area (Å²) in [6, 6.07) is 16.0. The molecule has 0 aromatic heterocycles. The van der Waals surface area contributed by atoms with Crippen LogP contribution in [0.3, 0.4) is 0 Å². The van der Waals surface area contributed by atoms with Crippen molar-refractivity contribution in [3.8, 4) is 0 Å². The molecule has 144 valence electrons. The van der Waals surface area contributed by atoms with Gasteiger partial charge in [-0.15, -0.1) is 0 Å². The number of hydrogen-bond acceptors (Lipinski definition) is 3. The van der Waals surface area contributed by atoms with Gasteiger partial charge in [0.05, 0.1) is 13.1 Å². The third-order valence-electron chi connectivity index (χ3n) is 4.88. The third kappa shape index (κ3) is 5.66. The first kappa shape index (κ1) is 20.6. The Bertz CT molecular complexity index is 769. The number of aryl methyl sites for hydroxylation is 2. The van der Waals surface area contributed by atoms with Crippen LogP contribution in [0.25, 0.3) is 0 Å². The van der Waals surface area contributed by atoms with E-state index < -0.39 is 0 Å². The van der Waals surface area contributed by atoms with E-state index in [0.29, 0.717) is 0 Å². The van der Waals surface area contributed by atoms with Crippen molar-refractivity contribution in [2.24, 2.45) is 0 Å². The Morgan fingerprint density at radius 2 is 1.52 bits per heavy atom. The molecule has 0 saturated heterocycles. The molecular formula is C22H29N3O2. The van der Waals surface area contributed by atoms with Crippen molar-refractivity contribution in [2.75, 3.05) is 32.5 Å². The van der Waals surface area contributed by atoms with Crippen LogP contribution >= 0.6 is 0 Å². The molecule has 2 aromatic carbocycles. The van der Waals surface area contributed by atoms with Gasteiger partial charge in [0.1, 0.15) is 0 Å². The maximum atomic E-state index is 12.5. The van der Waals surface area contributed by atoms with Gasteiger partial charge >= 0.3 is 0 Å². The van der Waals surface area contributed by atoms with Crippen molar-refractivity contribution in [3.63, 3.8) is 0 Å². The first-order valence-electron chi connectivity index (χ1n) is 9.14. The molecule has 1 atom stereocenters. The van der Waals surface area contributed by atoms with E-state index in [9.17, 15) is 9.59 Å². The lowest BCUT2D eigenvalue weighted by Crippen LogP contribution is -2.41. The van der Waals surface area contributed by atoms with Crippen molar-refractivity contribution in [2.45, 2.75) is 26.8 Å². The maximum absolute atomic E-state index is 12.5. The van der Waals surface area contributed by atoms with Crippen LogP contribution in [-0.4, -0.2) is 48.8 Å². The zero-order chi connectivity index (χ0) is 20.0. The number of anilines is 1. The normalized spacial score (nSPS) is 11.9. The molecule has 0 spiro atoms. The van der Waals surface area contributed by atoms with E-state index in [1.165, 1.54) is 4.90 Å². The zero-order valence-electron chi connectivity index (χ0n) is 16.8. The van der Waals surface area contributed by atoms with Crippen LogP contribution in [0.2, 0.25) is 0 Å². The summed E-state index contributed by atoms with van der Waals surface area (Å²) in [5.41, 5.74) is 3.99. The van der Waals surface area contributed by atoms with Gasteiger partial charge in [-0.25, -0.2) is 0 Å². The number of likely N-dealkylation sites (N-methyl/N-ethyl adjacent to an activating group) is 2. The number of nitrogens with zero attached hydrogens (tertiary/aromatic N) is 2. The van der Waals surface area contributed by atoms with E-state index in [-0.39, 0.29) is 30.9 Å². The summed E-state index contributed by atoms with van der Waals surface area (Å²) in [6.07, 6.45) is 0. The topological polar surface area (TPSA) is 52.7 Å². The first-order chi connectivity index (χ1) is 12.8. The number of amides is 2. The van der Waals surface area contributed by atoms with Crippen molar-refractivity contribution >= 4 is 17.5 Å². The molecule has 0 saturated carbocycles. The molecule has 2 amide bonds. The smallest absolute Gasteiger partial charge is 0.243 e. The summed E-state index contributed by atoms with van der Waals surface area (Å²) >= 11 is 0. The van der Waals surface area contributed by atoms with Gasteiger partial charge in [-0.05, 0) is 44.5 Å². The lowest BCUT2D eigenvalue weighted by molar-refractivity contribution is -0.134. The fraction of sp³-hybridized carbons (Fsp3) is 0.364. The van der Waals surface area contributed by atoms with Crippen molar-refractivity contribution in [3.05, 3.63) is 65.2 Å². The second-order valence-corrected chi connectivity index (χ2v) is 7.07. The first-order valence-corrected chi connectivity index (χ1v) is 9.14. The van der Waals surface area contributed by atoms with Gasteiger partial charge in [0.25, 0.3) is 0 Å². The van der Waals surface area contributed by atoms with Crippen LogP contribution in [-0.2, 0) is 9.59 Å². The number of rotatable bonds is 7. The lowest BCUT2D eigenvalue weighted by atomic mass is 10.1. The minimum Gasteiger partial charge on any atom is -0.335 e. The SMILES string of the molecule is Cc1cccc(C)c1NC(=O)CN(C)C(=O)CN(C)[C@H](C)c1ccccc1. The standard InChI is InChI=1S/C22H29N3O2/c1-16-10-9-11-17(2)22(16)23-20(26)14-25(5)21(27)15-24(4)18(3)19-12-7-6-8-13-19/h6-13,18H,14-15H2,1-5H3,(H,23,26)/t18-/m1/s1. The highest BCUT2D eigenvalue weighted by Gasteiger charge is 2.19. The third-order valence-corrected chi connectivity index (χ3v) is 4.88. The number of nitrogens with one attached hydrogen (secondary N) is 1. The Morgan fingerprint density at radius 1 is 0.926 bits per heavy atom. The van der Waals surface area contributed by atoms with E-state index in [2.05, 4.69) is 12.2 Å². The van der Waals surface area contributed by atoms with E-state index >= 15 is 0 Å². The average Bonchev–Trinajstić information content (AvgIpc) is 2.64. The summed E-state index contributed by atoms with van der Waals surface area (Å²) in [4.78, 5) is 28.3. The van der Waals surface area contributed by atoms with Crippen molar-refractivity contribution < 1.29 is 9.59 Å². The van der Waals surface area contributed by atoms with E-state index in [0.717, 1.165) is 22.4 Å². The molecule has 2 rings (SSSR count). The van der Waals surface area contributed by atoms with Gasteiger partial charge < -0.3 is 10.2 Å². The molecule has 0 heterocycles. The predicted octanol–water partition coefficient (Wildman–Crippen LogP) is 3.39. The highest BCUT2D eigenvalue weighted by molar-refractivity contribution is 5.95. The van der Waals surface area contributed by atoms with Gasteiger partial charge in [0.15, 0.2) is 0 Å². The molecule has 0 aliphatic rings. The van der Waals surface area contributed by atoms with Gasteiger partial charge in [0.2, 0.25) is 11.8 Å². The maximum Gasteiger partial charge on any atom is 0.243 e. The second-order valence-electron chi connectivity index (χ2n) is 7.07. The molecule has 5 nitrogen and oxygen atoms in total. The molecule has 0 aliphatic heterocycles.